The number of hydrogen-bond donors (Lipinski definition) is 2. The lowest BCUT2D eigenvalue weighted by molar-refractivity contribution is 0.148. The van der Waals surface area contributed by atoms with Crippen LogP contribution in [0.2, 0.25) is 0 Å². The Hall–Kier alpha value is -1.06. The third-order valence-corrected chi connectivity index (χ3v) is 2.93. The first-order valence-electron chi connectivity index (χ1n) is 5.49. The van der Waals surface area contributed by atoms with E-state index >= 15 is 0 Å². The van der Waals surface area contributed by atoms with Gasteiger partial charge in [-0.15, -0.1) is 0 Å². The van der Waals surface area contributed by atoms with Crippen molar-refractivity contribution in [3.63, 3.8) is 0 Å². The minimum Gasteiger partial charge on any atom is -0.496 e. The van der Waals surface area contributed by atoms with Crippen LogP contribution < -0.4 is 10.5 Å². The lowest BCUT2D eigenvalue weighted by atomic mass is 9.84. The average Bonchev–Trinajstić information content (AvgIpc) is 2.29. The molecule has 0 fully saturated rings. The molecule has 1 rings (SSSR count). The second kappa shape index (κ2) is 5.32. The Morgan fingerprint density at radius 2 is 2.12 bits per heavy atom. The molecule has 0 aromatic heterocycles. The van der Waals surface area contributed by atoms with Crippen LogP contribution in [0.1, 0.15) is 18.1 Å². The maximum atomic E-state index is 9.36. The highest BCUT2D eigenvalue weighted by Crippen LogP contribution is 2.27. The number of rotatable bonds is 5. The van der Waals surface area contributed by atoms with Crippen molar-refractivity contribution in [1.29, 1.82) is 0 Å². The molecule has 3 heteroatoms. The molecule has 0 saturated carbocycles. The van der Waals surface area contributed by atoms with E-state index in [0.29, 0.717) is 6.54 Å². The molecule has 0 aliphatic rings. The molecule has 0 bridgehead atoms. The highest BCUT2D eigenvalue weighted by molar-refractivity contribution is 5.37. The Morgan fingerprint density at radius 1 is 1.44 bits per heavy atom. The maximum Gasteiger partial charge on any atom is 0.122 e. The van der Waals surface area contributed by atoms with Gasteiger partial charge in [0.25, 0.3) is 0 Å². The van der Waals surface area contributed by atoms with Gasteiger partial charge in [-0.3, -0.25) is 0 Å². The fourth-order valence-corrected chi connectivity index (χ4v) is 1.70. The topological polar surface area (TPSA) is 55.5 Å². The van der Waals surface area contributed by atoms with E-state index in [-0.39, 0.29) is 12.0 Å². The molecule has 0 aliphatic heterocycles. The molecule has 0 heterocycles. The van der Waals surface area contributed by atoms with E-state index < -0.39 is 0 Å². The normalized spacial score (nSPS) is 14.6. The summed E-state index contributed by atoms with van der Waals surface area (Å²) in [6.07, 6.45) is 0.727. The van der Waals surface area contributed by atoms with E-state index in [4.69, 9.17) is 10.5 Å². The third-order valence-electron chi connectivity index (χ3n) is 2.93. The van der Waals surface area contributed by atoms with Gasteiger partial charge in [-0.2, -0.15) is 0 Å². The predicted octanol–water partition coefficient (Wildman–Crippen LogP) is 1.50. The van der Waals surface area contributed by atoms with E-state index in [1.807, 2.05) is 26.0 Å². The molecule has 90 valence electrons. The Balaban J connectivity index is 2.98. The van der Waals surface area contributed by atoms with Gasteiger partial charge in [0.1, 0.15) is 5.75 Å². The fraction of sp³-hybridized carbons (Fsp3) is 0.538. The second-order valence-electron chi connectivity index (χ2n) is 4.66. The van der Waals surface area contributed by atoms with Gasteiger partial charge in [0.05, 0.1) is 7.11 Å². The Bertz CT molecular complexity index is 346. The maximum absolute atomic E-state index is 9.36. The van der Waals surface area contributed by atoms with E-state index in [1.165, 1.54) is 5.56 Å². The van der Waals surface area contributed by atoms with Gasteiger partial charge in [-0.05, 0) is 25.0 Å². The number of nitrogens with two attached hydrogens (primary N) is 1. The van der Waals surface area contributed by atoms with Crippen LogP contribution in [0.25, 0.3) is 0 Å². The number of hydrogen-bond acceptors (Lipinski definition) is 3. The van der Waals surface area contributed by atoms with Crippen LogP contribution in [-0.4, -0.2) is 25.4 Å². The lowest BCUT2D eigenvalue weighted by Gasteiger charge is -2.26. The third kappa shape index (κ3) is 2.97. The lowest BCUT2D eigenvalue weighted by Crippen LogP contribution is -2.33. The molecule has 1 aromatic carbocycles. The van der Waals surface area contributed by atoms with Crippen molar-refractivity contribution in [2.45, 2.75) is 20.3 Å². The molecule has 3 N–H and O–H groups in total. The zero-order valence-electron chi connectivity index (χ0n) is 10.3. The largest absolute Gasteiger partial charge is 0.496 e. The zero-order valence-corrected chi connectivity index (χ0v) is 10.3. The molecule has 0 amide bonds. The van der Waals surface area contributed by atoms with Gasteiger partial charge in [0, 0.05) is 18.6 Å². The molecule has 16 heavy (non-hydrogen) atoms. The standard InChI is InChI=1S/C13H21NO2/c1-10-4-5-12(16-3)11(6-10)7-13(2,8-14)9-15/h4-6,15H,7-9,14H2,1-3H3. The number of aryl methyl sites for hydroxylation is 1. The predicted molar refractivity (Wildman–Crippen MR) is 65.7 cm³/mol. The van der Waals surface area contributed by atoms with Crippen molar-refractivity contribution in [3.8, 4) is 5.75 Å². The highest BCUT2D eigenvalue weighted by atomic mass is 16.5. The van der Waals surface area contributed by atoms with Crippen LogP contribution in [0.3, 0.4) is 0 Å². The van der Waals surface area contributed by atoms with Crippen LogP contribution in [0.4, 0.5) is 0 Å². The smallest absolute Gasteiger partial charge is 0.122 e. The van der Waals surface area contributed by atoms with Crippen LogP contribution in [0.15, 0.2) is 18.2 Å². The zero-order chi connectivity index (χ0) is 12.2. The molecular formula is C13H21NO2. The van der Waals surface area contributed by atoms with Crippen LogP contribution in [-0.2, 0) is 6.42 Å². The molecule has 1 atom stereocenters. The summed E-state index contributed by atoms with van der Waals surface area (Å²) in [4.78, 5) is 0. The van der Waals surface area contributed by atoms with E-state index in [9.17, 15) is 5.11 Å². The van der Waals surface area contributed by atoms with Crippen LogP contribution in [0, 0.1) is 12.3 Å². The van der Waals surface area contributed by atoms with Crippen molar-refractivity contribution >= 4 is 0 Å². The fourth-order valence-electron chi connectivity index (χ4n) is 1.70. The molecular weight excluding hydrogens is 202 g/mol. The van der Waals surface area contributed by atoms with Gasteiger partial charge in [0.15, 0.2) is 0 Å². The van der Waals surface area contributed by atoms with Gasteiger partial charge < -0.3 is 15.6 Å². The average molecular weight is 223 g/mol. The van der Waals surface area contributed by atoms with Crippen molar-refractivity contribution < 1.29 is 9.84 Å². The summed E-state index contributed by atoms with van der Waals surface area (Å²) >= 11 is 0. The molecule has 1 aromatic rings. The summed E-state index contributed by atoms with van der Waals surface area (Å²) in [5.74, 6) is 0.860. The van der Waals surface area contributed by atoms with Crippen molar-refractivity contribution in [2.24, 2.45) is 11.1 Å². The minimum atomic E-state index is -0.277. The molecule has 0 radical (unpaired) electrons. The summed E-state index contributed by atoms with van der Waals surface area (Å²) in [7, 11) is 1.66. The molecule has 0 aliphatic carbocycles. The van der Waals surface area contributed by atoms with E-state index in [1.54, 1.807) is 7.11 Å². The summed E-state index contributed by atoms with van der Waals surface area (Å²) in [6, 6.07) is 6.06. The molecule has 3 nitrogen and oxygen atoms in total. The summed E-state index contributed by atoms with van der Waals surface area (Å²) < 4.78 is 5.31. The first-order chi connectivity index (χ1) is 7.54. The Morgan fingerprint density at radius 3 is 2.62 bits per heavy atom. The minimum absolute atomic E-state index is 0.0839. The number of aliphatic hydroxyl groups excluding tert-OH is 1. The first-order valence-corrected chi connectivity index (χ1v) is 5.49. The monoisotopic (exact) mass is 223 g/mol. The number of benzene rings is 1. The highest BCUT2D eigenvalue weighted by Gasteiger charge is 2.23. The van der Waals surface area contributed by atoms with Gasteiger partial charge in [-0.25, -0.2) is 0 Å². The Labute approximate surface area is 97.2 Å². The second-order valence-corrected chi connectivity index (χ2v) is 4.66. The van der Waals surface area contributed by atoms with Crippen molar-refractivity contribution in [3.05, 3.63) is 29.3 Å². The van der Waals surface area contributed by atoms with E-state index in [2.05, 4.69) is 6.07 Å². The summed E-state index contributed by atoms with van der Waals surface area (Å²) in [5, 5.41) is 9.36. The molecule has 1 unspecified atom stereocenters. The number of methoxy groups -OCH3 is 1. The SMILES string of the molecule is COc1ccc(C)cc1CC(C)(CN)CO. The Kier molecular flexibility index (Phi) is 4.33. The van der Waals surface area contributed by atoms with Gasteiger partial charge in [0.2, 0.25) is 0 Å². The van der Waals surface area contributed by atoms with Gasteiger partial charge in [-0.1, -0.05) is 24.6 Å². The molecule has 0 spiro atoms. The molecule has 0 saturated heterocycles. The number of aliphatic hydroxyl groups is 1. The quantitative estimate of drug-likeness (QED) is 0.795. The van der Waals surface area contributed by atoms with Crippen LogP contribution in [0.5, 0.6) is 5.75 Å². The number of ether oxygens (including phenoxy) is 1. The van der Waals surface area contributed by atoms with Crippen LogP contribution >= 0.6 is 0 Å². The van der Waals surface area contributed by atoms with Crippen molar-refractivity contribution in [1.82, 2.24) is 0 Å². The first kappa shape index (κ1) is 13.0. The summed E-state index contributed by atoms with van der Waals surface area (Å²) in [6.45, 7) is 4.57. The summed E-state index contributed by atoms with van der Waals surface area (Å²) in [5.41, 5.74) is 7.71. The van der Waals surface area contributed by atoms with E-state index in [0.717, 1.165) is 17.7 Å². The van der Waals surface area contributed by atoms with Crippen molar-refractivity contribution in [2.75, 3.05) is 20.3 Å². The van der Waals surface area contributed by atoms with Gasteiger partial charge >= 0.3 is 0 Å².